The first kappa shape index (κ1) is 27.8. The maximum Gasteiger partial charge on any atom is 0.418 e. The summed E-state index contributed by atoms with van der Waals surface area (Å²) in [5.41, 5.74) is -1.94. The van der Waals surface area contributed by atoms with Crippen LogP contribution < -0.4 is 14.2 Å². The quantitative estimate of drug-likeness (QED) is 0.298. The lowest BCUT2D eigenvalue weighted by Crippen LogP contribution is -2.18. The van der Waals surface area contributed by atoms with E-state index in [4.69, 9.17) is 14.2 Å². The summed E-state index contributed by atoms with van der Waals surface area (Å²) in [5.74, 6) is -0.847. The molecule has 0 saturated carbocycles. The number of aromatic nitrogens is 1. The highest BCUT2D eigenvalue weighted by atomic mass is 19.4. The Labute approximate surface area is 209 Å². The second-order valence-corrected chi connectivity index (χ2v) is 8.06. The van der Waals surface area contributed by atoms with Crippen molar-refractivity contribution in [1.29, 1.82) is 0 Å². The molecule has 0 fully saturated rings. The molecule has 0 amide bonds. The van der Waals surface area contributed by atoms with E-state index in [1.807, 2.05) is 0 Å². The Morgan fingerprint density at radius 1 is 0.865 bits per heavy atom. The molecule has 0 saturated heterocycles. The lowest BCUT2D eigenvalue weighted by atomic mass is 9.86. The Hall–Kier alpha value is -3.76. The van der Waals surface area contributed by atoms with Gasteiger partial charge in [-0.1, -0.05) is 12.1 Å². The fraction of sp³-hybridized carbons (Fsp3) is 0.308. The SMILES string of the molecule is COc1cc(CC(=O)C[C@@H](c2ccc(C(F)(F)F)cc2)c2ncccc2C(F)(F)F)cc(OC)c1OC. The van der Waals surface area contributed by atoms with Crippen molar-refractivity contribution in [1.82, 2.24) is 4.98 Å². The molecule has 3 aromatic rings. The molecule has 3 rings (SSSR count). The predicted octanol–water partition coefficient (Wildman–Crippen LogP) is 6.48. The Balaban J connectivity index is 2.01. The molecule has 1 atom stereocenters. The molecule has 11 heteroatoms. The number of carbonyl (C=O) groups is 1. The molecule has 2 aromatic carbocycles. The van der Waals surface area contributed by atoms with Crippen LogP contribution in [0.5, 0.6) is 17.2 Å². The first-order valence-electron chi connectivity index (χ1n) is 10.9. The van der Waals surface area contributed by atoms with Crippen molar-refractivity contribution in [3.8, 4) is 17.2 Å². The van der Waals surface area contributed by atoms with Crippen LogP contribution in [-0.4, -0.2) is 32.1 Å². The first-order chi connectivity index (χ1) is 17.4. The molecule has 0 bridgehead atoms. The predicted molar refractivity (Wildman–Crippen MR) is 122 cm³/mol. The van der Waals surface area contributed by atoms with Gasteiger partial charge in [-0.3, -0.25) is 9.78 Å². The number of hydrogen-bond donors (Lipinski definition) is 0. The second-order valence-electron chi connectivity index (χ2n) is 8.06. The van der Waals surface area contributed by atoms with Crippen molar-refractivity contribution < 1.29 is 45.3 Å². The molecule has 1 heterocycles. The number of nitrogens with zero attached hydrogens (tertiary/aromatic N) is 1. The number of halogens is 6. The molecule has 5 nitrogen and oxygen atoms in total. The summed E-state index contributed by atoms with van der Waals surface area (Å²) in [5, 5.41) is 0. The first-order valence-corrected chi connectivity index (χ1v) is 10.9. The number of carbonyl (C=O) groups excluding carboxylic acids is 1. The van der Waals surface area contributed by atoms with E-state index in [0.717, 1.165) is 42.6 Å². The van der Waals surface area contributed by atoms with Crippen molar-refractivity contribution in [2.45, 2.75) is 31.1 Å². The van der Waals surface area contributed by atoms with Crippen LogP contribution in [0.3, 0.4) is 0 Å². The van der Waals surface area contributed by atoms with Crippen molar-refractivity contribution in [2.24, 2.45) is 0 Å². The number of benzene rings is 2. The summed E-state index contributed by atoms with van der Waals surface area (Å²) in [4.78, 5) is 17.0. The monoisotopic (exact) mass is 527 g/mol. The van der Waals surface area contributed by atoms with Crippen molar-refractivity contribution >= 4 is 5.78 Å². The van der Waals surface area contributed by atoms with Gasteiger partial charge in [0.2, 0.25) is 5.75 Å². The van der Waals surface area contributed by atoms with Gasteiger partial charge >= 0.3 is 12.4 Å². The van der Waals surface area contributed by atoms with E-state index >= 15 is 0 Å². The standard InChI is InChI=1S/C26H23F6NO4/c1-35-21-12-15(13-22(36-2)24(21)37-3)11-18(34)14-19(16-6-8-17(9-7-16)25(27,28)29)23-20(26(30,31)32)5-4-10-33-23/h4-10,12-13,19H,11,14H2,1-3H3/t19-/m0/s1. The number of ether oxygens (including phenoxy) is 3. The number of pyridine rings is 1. The highest BCUT2D eigenvalue weighted by molar-refractivity contribution is 5.82. The topological polar surface area (TPSA) is 57.7 Å². The van der Waals surface area contributed by atoms with E-state index in [9.17, 15) is 31.1 Å². The smallest absolute Gasteiger partial charge is 0.418 e. The molecule has 1 aromatic heterocycles. The number of rotatable bonds is 9. The summed E-state index contributed by atoms with van der Waals surface area (Å²) >= 11 is 0. The lowest BCUT2D eigenvalue weighted by Gasteiger charge is -2.21. The molecule has 198 valence electrons. The number of alkyl halides is 6. The maximum atomic E-state index is 13.8. The number of ketones is 1. The maximum absolute atomic E-state index is 13.8. The van der Waals surface area contributed by atoms with Crippen molar-refractivity contribution in [2.75, 3.05) is 21.3 Å². The molecule has 0 aliphatic rings. The van der Waals surface area contributed by atoms with Gasteiger partial charge in [0, 0.05) is 25.0 Å². The summed E-state index contributed by atoms with van der Waals surface area (Å²) < 4.78 is 96.2. The van der Waals surface area contributed by atoms with E-state index in [1.165, 1.54) is 33.5 Å². The molecule has 0 radical (unpaired) electrons. The van der Waals surface area contributed by atoms with E-state index in [2.05, 4.69) is 4.98 Å². The largest absolute Gasteiger partial charge is 0.493 e. The Morgan fingerprint density at radius 2 is 1.46 bits per heavy atom. The number of Topliss-reactive ketones (excluding diaryl/α,β-unsaturated/α-hetero) is 1. The van der Waals surface area contributed by atoms with Gasteiger partial charge in [-0.05, 0) is 47.5 Å². The van der Waals surface area contributed by atoms with Crippen molar-refractivity contribution in [3.05, 3.63) is 82.7 Å². The van der Waals surface area contributed by atoms with Gasteiger partial charge in [-0.15, -0.1) is 0 Å². The molecule has 37 heavy (non-hydrogen) atoms. The minimum Gasteiger partial charge on any atom is -0.493 e. The zero-order chi connectivity index (χ0) is 27.4. The summed E-state index contributed by atoms with van der Waals surface area (Å²) in [6.45, 7) is 0. The molecular formula is C26H23F6NO4. The minimum atomic E-state index is -4.78. The second kappa shape index (κ2) is 11.1. The van der Waals surface area contributed by atoms with Crippen LogP contribution in [0.25, 0.3) is 0 Å². The van der Waals surface area contributed by atoms with E-state index in [1.54, 1.807) is 0 Å². The molecule has 0 unspecified atom stereocenters. The average molecular weight is 527 g/mol. The van der Waals surface area contributed by atoms with Crippen molar-refractivity contribution in [3.63, 3.8) is 0 Å². The van der Waals surface area contributed by atoms with E-state index in [0.29, 0.717) is 11.3 Å². The summed E-state index contributed by atoms with van der Waals surface area (Å²) in [6, 6.07) is 8.66. The Kier molecular flexibility index (Phi) is 8.35. The summed E-state index contributed by atoms with van der Waals surface area (Å²) in [6.07, 6.45) is -8.92. The van der Waals surface area contributed by atoms with Crippen LogP contribution in [0.4, 0.5) is 26.3 Å². The van der Waals surface area contributed by atoms with Crippen LogP contribution in [0, 0.1) is 0 Å². The summed E-state index contributed by atoms with van der Waals surface area (Å²) in [7, 11) is 4.19. The normalized spacial score (nSPS) is 12.7. The third-order valence-electron chi connectivity index (χ3n) is 5.67. The minimum absolute atomic E-state index is 0.0930. The lowest BCUT2D eigenvalue weighted by molar-refractivity contribution is -0.139. The number of hydrogen-bond acceptors (Lipinski definition) is 5. The van der Waals surface area contributed by atoms with Crippen LogP contribution in [0.15, 0.2) is 54.7 Å². The third kappa shape index (κ3) is 6.52. The fourth-order valence-electron chi connectivity index (χ4n) is 3.98. The Bertz CT molecular complexity index is 1210. The Morgan fingerprint density at radius 3 is 1.95 bits per heavy atom. The van der Waals surface area contributed by atoms with Gasteiger partial charge in [-0.25, -0.2) is 0 Å². The highest BCUT2D eigenvalue weighted by Gasteiger charge is 2.37. The zero-order valence-corrected chi connectivity index (χ0v) is 20.0. The van der Waals surface area contributed by atoms with E-state index in [-0.39, 0.29) is 23.5 Å². The highest BCUT2D eigenvalue weighted by Crippen LogP contribution is 2.40. The van der Waals surface area contributed by atoms with Gasteiger partial charge in [0.25, 0.3) is 0 Å². The third-order valence-corrected chi connectivity index (χ3v) is 5.67. The average Bonchev–Trinajstić information content (AvgIpc) is 2.85. The van der Waals surface area contributed by atoms with Gasteiger partial charge in [0.15, 0.2) is 11.5 Å². The number of methoxy groups -OCH3 is 3. The van der Waals surface area contributed by atoms with Gasteiger partial charge in [0.05, 0.1) is 38.2 Å². The molecule has 0 aliphatic carbocycles. The van der Waals surface area contributed by atoms with Gasteiger partial charge < -0.3 is 14.2 Å². The fourth-order valence-corrected chi connectivity index (χ4v) is 3.98. The van der Waals surface area contributed by atoms with Crippen LogP contribution in [-0.2, 0) is 23.6 Å². The van der Waals surface area contributed by atoms with Gasteiger partial charge in [-0.2, -0.15) is 26.3 Å². The molecular weight excluding hydrogens is 504 g/mol. The van der Waals surface area contributed by atoms with Crippen LogP contribution in [0.2, 0.25) is 0 Å². The molecule has 0 N–H and O–H groups in total. The van der Waals surface area contributed by atoms with Crippen LogP contribution in [0.1, 0.15) is 40.3 Å². The van der Waals surface area contributed by atoms with Crippen LogP contribution >= 0.6 is 0 Å². The van der Waals surface area contributed by atoms with E-state index < -0.39 is 47.3 Å². The molecule has 0 spiro atoms. The van der Waals surface area contributed by atoms with Gasteiger partial charge in [0.1, 0.15) is 5.78 Å². The molecule has 0 aliphatic heterocycles. The zero-order valence-electron chi connectivity index (χ0n) is 20.0.